The minimum atomic E-state index is -4.83. The van der Waals surface area contributed by atoms with Crippen LogP contribution in [0.3, 0.4) is 0 Å². The zero-order valence-electron chi connectivity index (χ0n) is 16.2. The molecule has 0 unspecified atom stereocenters. The second kappa shape index (κ2) is 8.29. The van der Waals surface area contributed by atoms with Gasteiger partial charge in [0.1, 0.15) is 5.82 Å². The van der Waals surface area contributed by atoms with Gasteiger partial charge in [-0.15, -0.1) is 0 Å². The van der Waals surface area contributed by atoms with Crippen molar-refractivity contribution in [1.82, 2.24) is 0 Å². The lowest BCUT2D eigenvalue weighted by Gasteiger charge is -2.21. The van der Waals surface area contributed by atoms with Crippen molar-refractivity contribution in [3.63, 3.8) is 0 Å². The Hall–Kier alpha value is -3.56. The zero-order valence-corrected chi connectivity index (χ0v) is 16.2. The molecule has 1 atom stereocenters. The summed E-state index contributed by atoms with van der Waals surface area (Å²) < 4.78 is 51.8. The number of carbonyl (C=O) groups is 3. The lowest BCUT2D eigenvalue weighted by Crippen LogP contribution is -2.32. The van der Waals surface area contributed by atoms with Crippen molar-refractivity contribution in [2.75, 3.05) is 5.32 Å². The Morgan fingerprint density at radius 2 is 1.94 bits per heavy atom. The third-order valence-electron chi connectivity index (χ3n) is 4.91. The van der Waals surface area contributed by atoms with Gasteiger partial charge in [0, 0.05) is 23.4 Å². The highest BCUT2D eigenvalue weighted by atomic mass is 19.4. The molecule has 2 aromatic carbocycles. The summed E-state index contributed by atoms with van der Waals surface area (Å²) in [4.78, 5) is 40.1. The van der Waals surface area contributed by atoms with Crippen molar-refractivity contribution in [2.24, 2.45) is 16.6 Å². The molecule has 0 saturated carbocycles. The van der Waals surface area contributed by atoms with Gasteiger partial charge in [0.25, 0.3) is 5.91 Å². The minimum Gasteiger partial charge on any atom is -0.369 e. The highest BCUT2D eigenvalue weighted by Gasteiger charge is 2.34. The molecule has 3 N–H and O–H groups in total. The quantitative estimate of drug-likeness (QED) is 0.705. The number of hydrogen-bond donors (Lipinski definition) is 2. The first-order valence-electron chi connectivity index (χ1n) is 9.16. The molecule has 1 heterocycles. The minimum absolute atomic E-state index is 0.0495. The van der Waals surface area contributed by atoms with Crippen LogP contribution in [0.1, 0.15) is 34.0 Å². The molecule has 1 aliphatic heterocycles. The molecular formula is C21H17F4N3O3. The number of fused-ring (bicyclic) bond motifs is 1. The van der Waals surface area contributed by atoms with Gasteiger partial charge in [-0.05, 0) is 42.3 Å². The van der Waals surface area contributed by atoms with Crippen LogP contribution in [0.2, 0.25) is 0 Å². The highest BCUT2D eigenvalue weighted by molar-refractivity contribution is 6.15. The van der Waals surface area contributed by atoms with E-state index in [2.05, 4.69) is 10.3 Å². The number of nitrogens with one attached hydrogen (secondary N) is 1. The summed E-state index contributed by atoms with van der Waals surface area (Å²) >= 11 is 0. The van der Waals surface area contributed by atoms with E-state index in [1.54, 1.807) is 0 Å². The van der Waals surface area contributed by atoms with Crippen LogP contribution in [0.4, 0.5) is 23.2 Å². The summed E-state index contributed by atoms with van der Waals surface area (Å²) in [7, 11) is 0. The van der Waals surface area contributed by atoms with Crippen LogP contribution < -0.4 is 11.1 Å². The van der Waals surface area contributed by atoms with E-state index in [-0.39, 0.29) is 35.4 Å². The van der Waals surface area contributed by atoms with Crippen LogP contribution in [-0.2, 0) is 28.6 Å². The molecule has 0 radical (unpaired) electrons. The lowest BCUT2D eigenvalue weighted by atomic mass is 9.90. The van der Waals surface area contributed by atoms with Gasteiger partial charge >= 0.3 is 6.18 Å². The standard InChI is InChI=1S/C21H17F4N3O3/c1-10(19(26)30)17-9-13-12(20(31)28-17)3-2-4-16(13)27-18(29)8-11-5-6-14(15(22)7-11)21(23,24)25/h2-7,10H,8-9H2,1H3,(H2,26,30)(H,27,29)/t10-/m0/s1. The Morgan fingerprint density at radius 3 is 2.55 bits per heavy atom. The van der Waals surface area contributed by atoms with Gasteiger partial charge < -0.3 is 11.1 Å². The average molecular weight is 435 g/mol. The van der Waals surface area contributed by atoms with E-state index >= 15 is 0 Å². The molecule has 3 amide bonds. The first-order chi connectivity index (χ1) is 14.5. The van der Waals surface area contributed by atoms with E-state index in [0.717, 1.165) is 6.07 Å². The Bertz CT molecular complexity index is 1110. The molecule has 0 bridgehead atoms. The summed E-state index contributed by atoms with van der Waals surface area (Å²) in [5, 5.41) is 2.59. The maximum absolute atomic E-state index is 13.7. The number of carbonyl (C=O) groups excluding carboxylic acids is 3. The van der Waals surface area contributed by atoms with Gasteiger partial charge in [0.2, 0.25) is 11.8 Å². The molecule has 0 aromatic heterocycles. The number of aliphatic imine (C=N–C) groups is 1. The number of benzene rings is 2. The Morgan fingerprint density at radius 1 is 1.23 bits per heavy atom. The van der Waals surface area contributed by atoms with Gasteiger partial charge in [0.05, 0.1) is 17.9 Å². The molecule has 0 saturated heterocycles. The van der Waals surface area contributed by atoms with Crippen LogP contribution in [0.15, 0.2) is 41.4 Å². The average Bonchev–Trinajstić information content (AvgIpc) is 2.66. The fourth-order valence-corrected chi connectivity index (χ4v) is 3.20. The third kappa shape index (κ3) is 4.79. The number of alkyl halides is 3. The molecule has 31 heavy (non-hydrogen) atoms. The molecule has 3 rings (SSSR count). The van der Waals surface area contributed by atoms with Gasteiger partial charge in [-0.2, -0.15) is 13.2 Å². The number of anilines is 1. The molecule has 1 aliphatic rings. The van der Waals surface area contributed by atoms with E-state index in [1.807, 2.05) is 0 Å². The number of halogens is 4. The van der Waals surface area contributed by atoms with Crippen molar-refractivity contribution in [2.45, 2.75) is 25.9 Å². The number of hydrogen-bond acceptors (Lipinski definition) is 3. The zero-order chi connectivity index (χ0) is 22.9. The third-order valence-corrected chi connectivity index (χ3v) is 4.91. The first kappa shape index (κ1) is 22.1. The Kier molecular flexibility index (Phi) is 5.92. The molecule has 6 nitrogen and oxygen atoms in total. The maximum Gasteiger partial charge on any atom is 0.419 e. The second-order valence-electron chi connectivity index (χ2n) is 7.08. The molecule has 10 heteroatoms. The largest absolute Gasteiger partial charge is 0.419 e. The van der Waals surface area contributed by atoms with E-state index in [1.165, 1.54) is 25.1 Å². The number of nitrogens with zero attached hydrogens (tertiary/aromatic N) is 1. The normalized spacial score (nSPS) is 14.5. The summed E-state index contributed by atoms with van der Waals surface area (Å²) in [5.41, 5.74) is 5.16. The summed E-state index contributed by atoms with van der Waals surface area (Å²) in [6.45, 7) is 1.51. The topological polar surface area (TPSA) is 102 Å². The lowest BCUT2D eigenvalue weighted by molar-refractivity contribution is -0.140. The number of nitrogens with two attached hydrogens (primary N) is 1. The van der Waals surface area contributed by atoms with Crippen LogP contribution >= 0.6 is 0 Å². The maximum atomic E-state index is 13.7. The molecule has 0 spiro atoms. The van der Waals surface area contributed by atoms with Crippen molar-refractivity contribution in [1.29, 1.82) is 0 Å². The van der Waals surface area contributed by atoms with E-state index in [9.17, 15) is 31.9 Å². The molecular weight excluding hydrogens is 418 g/mol. The van der Waals surface area contributed by atoms with Gasteiger partial charge in [-0.25, -0.2) is 9.38 Å². The number of primary amides is 1. The first-order valence-corrected chi connectivity index (χ1v) is 9.16. The summed E-state index contributed by atoms with van der Waals surface area (Å²) in [6, 6.07) is 6.85. The van der Waals surface area contributed by atoms with Crippen molar-refractivity contribution >= 4 is 29.1 Å². The highest BCUT2D eigenvalue weighted by Crippen LogP contribution is 2.32. The van der Waals surface area contributed by atoms with Crippen LogP contribution in [0.25, 0.3) is 0 Å². The van der Waals surface area contributed by atoms with Crippen molar-refractivity contribution in [3.8, 4) is 0 Å². The van der Waals surface area contributed by atoms with Crippen molar-refractivity contribution < 1.29 is 31.9 Å². The molecule has 0 fully saturated rings. The number of amides is 3. The second-order valence-corrected chi connectivity index (χ2v) is 7.08. The van der Waals surface area contributed by atoms with Gasteiger partial charge in [-0.1, -0.05) is 12.1 Å². The Labute approximate surface area is 174 Å². The van der Waals surface area contributed by atoms with Crippen molar-refractivity contribution in [3.05, 3.63) is 64.5 Å². The number of rotatable bonds is 5. The fourth-order valence-electron chi connectivity index (χ4n) is 3.20. The SMILES string of the molecule is C[C@H](C(N)=O)C1=NC(=O)c2cccc(NC(=O)Cc3ccc(C(F)(F)F)c(F)c3)c2C1. The predicted molar refractivity (Wildman–Crippen MR) is 104 cm³/mol. The Balaban J connectivity index is 1.80. The smallest absolute Gasteiger partial charge is 0.369 e. The molecule has 2 aromatic rings. The van der Waals surface area contributed by atoms with E-state index in [4.69, 9.17) is 5.73 Å². The van der Waals surface area contributed by atoms with Crippen LogP contribution in [0, 0.1) is 11.7 Å². The summed E-state index contributed by atoms with van der Waals surface area (Å²) in [6.07, 6.45) is -5.11. The molecule has 0 aliphatic carbocycles. The van der Waals surface area contributed by atoms with Crippen LogP contribution in [0.5, 0.6) is 0 Å². The predicted octanol–water partition coefficient (Wildman–Crippen LogP) is 3.28. The fraction of sp³-hybridized carbons (Fsp3) is 0.238. The van der Waals surface area contributed by atoms with Crippen LogP contribution in [-0.4, -0.2) is 23.4 Å². The van der Waals surface area contributed by atoms with E-state index < -0.39 is 41.2 Å². The molecule has 162 valence electrons. The van der Waals surface area contributed by atoms with Gasteiger partial charge in [0.15, 0.2) is 0 Å². The van der Waals surface area contributed by atoms with Gasteiger partial charge in [-0.3, -0.25) is 14.4 Å². The monoisotopic (exact) mass is 435 g/mol. The summed E-state index contributed by atoms with van der Waals surface area (Å²) in [5.74, 6) is -4.10. The van der Waals surface area contributed by atoms with E-state index in [0.29, 0.717) is 17.7 Å².